The fourth-order valence-electron chi connectivity index (χ4n) is 4.00. The van der Waals surface area contributed by atoms with Crippen LogP contribution in [-0.2, 0) is 32.0 Å². The fourth-order valence-corrected chi connectivity index (χ4v) is 4.16. The van der Waals surface area contributed by atoms with Crippen LogP contribution in [0.1, 0.15) is 24.1 Å². The third-order valence-corrected chi connectivity index (χ3v) is 6.26. The average Bonchev–Trinajstić information content (AvgIpc) is 3.55. The molecule has 1 aliphatic heterocycles. The first-order valence-corrected chi connectivity index (χ1v) is 11.9. The summed E-state index contributed by atoms with van der Waals surface area (Å²) in [6.45, 7) is 0.284. The Hall–Kier alpha value is -3.38. The predicted octanol–water partition coefficient (Wildman–Crippen LogP) is -0.503. The number of carboxylic acid groups (broad SMARTS) is 1. The number of carbonyl (C=O) groups is 4. The van der Waals surface area contributed by atoms with Gasteiger partial charge in [-0.3, -0.25) is 14.4 Å². The van der Waals surface area contributed by atoms with Crippen molar-refractivity contribution in [1.29, 1.82) is 0 Å². The molecule has 12 heteroatoms. The van der Waals surface area contributed by atoms with Crippen molar-refractivity contribution in [3.63, 3.8) is 0 Å². The van der Waals surface area contributed by atoms with E-state index >= 15 is 0 Å². The number of carbonyl (C=O) groups excluding carboxylic acids is 3. The van der Waals surface area contributed by atoms with Crippen LogP contribution in [0.2, 0.25) is 0 Å². The predicted molar refractivity (Wildman–Crippen MR) is 130 cm³/mol. The van der Waals surface area contributed by atoms with Gasteiger partial charge in [-0.1, -0.05) is 30.3 Å². The lowest BCUT2D eigenvalue weighted by atomic mass is 10.0. The quantitative estimate of drug-likeness (QED) is 0.225. The van der Waals surface area contributed by atoms with Crippen LogP contribution in [0, 0.1) is 0 Å². The second-order valence-corrected chi connectivity index (χ2v) is 8.78. The summed E-state index contributed by atoms with van der Waals surface area (Å²) < 4.78 is 0. The minimum Gasteiger partial charge on any atom is -0.480 e. The van der Waals surface area contributed by atoms with Gasteiger partial charge in [-0.25, -0.2) is 9.78 Å². The smallest absolute Gasteiger partial charge is 0.326 e. The first-order valence-electron chi connectivity index (χ1n) is 11.3. The van der Waals surface area contributed by atoms with E-state index in [1.165, 1.54) is 17.4 Å². The lowest BCUT2D eigenvalue weighted by Gasteiger charge is -2.29. The topological polar surface area (TPSA) is 171 Å². The normalized spacial score (nSPS) is 17.9. The van der Waals surface area contributed by atoms with Crippen LogP contribution in [0.4, 0.5) is 0 Å². The molecule has 188 valence electrons. The van der Waals surface area contributed by atoms with E-state index < -0.39 is 47.9 Å². The first-order chi connectivity index (χ1) is 16.8. The number of H-pyrrole nitrogens is 1. The van der Waals surface area contributed by atoms with E-state index in [-0.39, 0.29) is 25.1 Å². The van der Waals surface area contributed by atoms with Gasteiger partial charge in [0.1, 0.15) is 18.1 Å². The minimum atomic E-state index is -1.09. The van der Waals surface area contributed by atoms with Gasteiger partial charge in [-0.2, -0.15) is 12.6 Å². The van der Waals surface area contributed by atoms with Gasteiger partial charge in [0, 0.05) is 37.0 Å². The number of aliphatic carboxylic acids is 1. The monoisotopic (exact) mass is 502 g/mol. The Bertz CT molecular complexity index is 1020. The van der Waals surface area contributed by atoms with E-state index in [4.69, 9.17) is 5.73 Å². The second kappa shape index (κ2) is 12.4. The molecule has 1 saturated heterocycles. The summed E-state index contributed by atoms with van der Waals surface area (Å²) in [7, 11) is 0. The Balaban J connectivity index is 1.82. The average molecular weight is 503 g/mol. The standard InChI is InChI=1S/C23H30N6O5S/c24-16(12-35)20(30)27-17(9-14-5-2-1-3-6-14)21(31)28-18(10-15-11-25-13-26-15)22(32)29-8-4-7-19(29)23(33)34/h1-3,5-6,11,13,16-19,35H,4,7-10,12,24H2,(H,25,26)(H,27,30)(H,28,31)(H,33,34). The molecule has 2 aromatic rings. The Kier molecular flexibility index (Phi) is 9.26. The van der Waals surface area contributed by atoms with Crippen molar-refractivity contribution >= 4 is 36.3 Å². The maximum absolute atomic E-state index is 13.4. The summed E-state index contributed by atoms with van der Waals surface area (Å²) in [6, 6.07) is 5.18. The second-order valence-electron chi connectivity index (χ2n) is 8.41. The molecule has 1 aromatic heterocycles. The molecule has 0 radical (unpaired) electrons. The van der Waals surface area contributed by atoms with Crippen molar-refractivity contribution < 1.29 is 24.3 Å². The molecule has 4 atom stereocenters. The number of benzene rings is 1. The maximum atomic E-state index is 13.4. The SMILES string of the molecule is NC(CS)C(=O)NC(Cc1ccccc1)C(=O)NC(Cc1cnc[nH]1)C(=O)N1CCCC1C(=O)O. The fraction of sp³-hybridized carbons (Fsp3) is 0.435. The maximum Gasteiger partial charge on any atom is 0.326 e. The van der Waals surface area contributed by atoms with Crippen LogP contribution in [0.5, 0.6) is 0 Å². The largest absolute Gasteiger partial charge is 0.480 e. The minimum absolute atomic E-state index is 0.0789. The van der Waals surface area contributed by atoms with Crippen LogP contribution in [0.3, 0.4) is 0 Å². The van der Waals surface area contributed by atoms with Gasteiger partial charge in [0.25, 0.3) is 0 Å². The van der Waals surface area contributed by atoms with Crippen LogP contribution >= 0.6 is 12.6 Å². The van der Waals surface area contributed by atoms with Gasteiger partial charge in [-0.05, 0) is 18.4 Å². The number of nitrogens with one attached hydrogen (secondary N) is 3. The van der Waals surface area contributed by atoms with E-state index in [0.717, 1.165) is 5.56 Å². The number of aromatic nitrogens is 2. The van der Waals surface area contributed by atoms with Gasteiger partial charge in [-0.15, -0.1) is 0 Å². The summed E-state index contributed by atoms with van der Waals surface area (Å²) in [5, 5.41) is 14.9. The summed E-state index contributed by atoms with van der Waals surface area (Å²) in [6.07, 6.45) is 4.13. The molecule has 1 aliphatic rings. The molecule has 0 bridgehead atoms. The van der Waals surface area contributed by atoms with Gasteiger partial charge in [0.05, 0.1) is 12.4 Å². The Labute approximate surface area is 208 Å². The van der Waals surface area contributed by atoms with Crippen LogP contribution in [0.25, 0.3) is 0 Å². The molecule has 1 aromatic carbocycles. The number of imidazole rings is 1. The molecule has 0 saturated carbocycles. The zero-order valence-corrected chi connectivity index (χ0v) is 20.0. The number of hydrogen-bond donors (Lipinski definition) is 6. The van der Waals surface area contributed by atoms with Gasteiger partial charge in [0.2, 0.25) is 17.7 Å². The van der Waals surface area contributed by atoms with Crippen LogP contribution in [-0.4, -0.2) is 80.1 Å². The van der Waals surface area contributed by atoms with E-state index in [2.05, 4.69) is 33.2 Å². The Morgan fingerprint density at radius 2 is 1.86 bits per heavy atom. The molecule has 3 amide bonds. The van der Waals surface area contributed by atoms with Crippen molar-refractivity contribution in [1.82, 2.24) is 25.5 Å². The summed E-state index contributed by atoms with van der Waals surface area (Å²) in [5.41, 5.74) is 7.17. The van der Waals surface area contributed by atoms with Gasteiger partial charge in [0.15, 0.2) is 0 Å². The number of rotatable bonds is 11. The molecule has 0 spiro atoms. The van der Waals surface area contributed by atoms with Crippen molar-refractivity contribution in [2.45, 2.75) is 49.9 Å². The number of likely N-dealkylation sites (tertiary alicyclic amines) is 1. The number of nitrogens with zero attached hydrogens (tertiary/aromatic N) is 2. The third-order valence-electron chi connectivity index (χ3n) is 5.86. The van der Waals surface area contributed by atoms with Crippen LogP contribution in [0.15, 0.2) is 42.9 Å². The lowest BCUT2D eigenvalue weighted by molar-refractivity contribution is -0.149. The number of hydrogen-bond acceptors (Lipinski definition) is 7. The zero-order chi connectivity index (χ0) is 25.4. The van der Waals surface area contributed by atoms with E-state index in [1.807, 2.05) is 30.3 Å². The van der Waals surface area contributed by atoms with E-state index in [0.29, 0.717) is 18.5 Å². The van der Waals surface area contributed by atoms with Crippen molar-refractivity contribution in [2.75, 3.05) is 12.3 Å². The number of aromatic amines is 1. The number of amides is 3. The molecule has 11 nitrogen and oxygen atoms in total. The number of carboxylic acids is 1. The summed E-state index contributed by atoms with van der Waals surface area (Å²) >= 11 is 4.04. The van der Waals surface area contributed by atoms with E-state index in [9.17, 15) is 24.3 Å². The summed E-state index contributed by atoms with van der Waals surface area (Å²) in [4.78, 5) is 59.0. The first kappa shape index (κ1) is 26.2. The van der Waals surface area contributed by atoms with Crippen molar-refractivity contribution in [2.24, 2.45) is 5.73 Å². The molecule has 3 rings (SSSR count). The molecular weight excluding hydrogens is 472 g/mol. The molecule has 6 N–H and O–H groups in total. The highest BCUT2D eigenvalue weighted by molar-refractivity contribution is 7.80. The molecule has 4 unspecified atom stereocenters. The van der Waals surface area contributed by atoms with Crippen molar-refractivity contribution in [3.05, 3.63) is 54.1 Å². The Morgan fingerprint density at radius 1 is 1.14 bits per heavy atom. The highest BCUT2D eigenvalue weighted by Crippen LogP contribution is 2.19. The van der Waals surface area contributed by atoms with Crippen LogP contribution < -0.4 is 16.4 Å². The number of thiol groups is 1. The van der Waals surface area contributed by atoms with Crippen molar-refractivity contribution in [3.8, 4) is 0 Å². The molecule has 0 aliphatic carbocycles. The number of nitrogens with two attached hydrogens (primary N) is 1. The molecule has 1 fully saturated rings. The molecule has 2 heterocycles. The highest BCUT2D eigenvalue weighted by Gasteiger charge is 2.38. The summed E-state index contributed by atoms with van der Waals surface area (Å²) in [5.74, 6) is -2.62. The highest BCUT2D eigenvalue weighted by atomic mass is 32.1. The lowest BCUT2D eigenvalue weighted by Crippen LogP contribution is -2.58. The van der Waals surface area contributed by atoms with E-state index in [1.54, 1.807) is 0 Å². The van der Waals surface area contributed by atoms with Gasteiger partial charge < -0.3 is 31.4 Å². The molecule has 35 heavy (non-hydrogen) atoms. The molecular formula is C23H30N6O5S. The third kappa shape index (κ3) is 7.06. The Morgan fingerprint density at radius 3 is 2.49 bits per heavy atom. The van der Waals surface area contributed by atoms with Gasteiger partial charge >= 0.3 is 5.97 Å². The zero-order valence-electron chi connectivity index (χ0n) is 19.1.